The van der Waals surface area contributed by atoms with Crippen LogP contribution in [-0.2, 0) is 9.31 Å². The van der Waals surface area contributed by atoms with E-state index in [-0.39, 0.29) is 0 Å². The molecule has 2 N–H and O–H groups in total. The topological polar surface area (TPSA) is 81.2 Å². The SMILES string of the molecule is CC1(C)OB(C(=Cc2ccc(C#N)cn2)CN)OC1(C)C. The lowest BCUT2D eigenvalue weighted by atomic mass is 9.77. The van der Waals surface area contributed by atoms with Crippen LogP contribution in [0.5, 0.6) is 0 Å². The van der Waals surface area contributed by atoms with Gasteiger partial charge in [-0.1, -0.05) is 0 Å². The molecule has 21 heavy (non-hydrogen) atoms. The van der Waals surface area contributed by atoms with Gasteiger partial charge >= 0.3 is 7.12 Å². The minimum Gasteiger partial charge on any atom is -0.400 e. The number of hydrogen-bond acceptors (Lipinski definition) is 5. The summed E-state index contributed by atoms with van der Waals surface area (Å²) in [6.07, 6.45) is 3.38. The van der Waals surface area contributed by atoms with Crippen molar-refractivity contribution in [2.75, 3.05) is 6.54 Å². The Hall–Kier alpha value is -1.68. The van der Waals surface area contributed by atoms with E-state index < -0.39 is 18.3 Å². The monoisotopic (exact) mass is 285 g/mol. The highest BCUT2D eigenvalue weighted by Gasteiger charge is 2.52. The van der Waals surface area contributed by atoms with E-state index >= 15 is 0 Å². The van der Waals surface area contributed by atoms with Crippen molar-refractivity contribution in [2.24, 2.45) is 5.73 Å². The number of nitriles is 1. The Kier molecular flexibility index (Phi) is 4.19. The zero-order chi connectivity index (χ0) is 15.7. The molecule has 0 atom stereocenters. The van der Waals surface area contributed by atoms with Crippen LogP contribution in [0.2, 0.25) is 0 Å². The van der Waals surface area contributed by atoms with E-state index in [1.807, 2.05) is 39.8 Å². The average molecular weight is 285 g/mol. The molecule has 1 aromatic heterocycles. The first-order chi connectivity index (χ1) is 9.79. The van der Waals surface area contributed by atoms with Gasteiger partial charge in [0.1, 0.15) is 6.07 Å². The smallest absolute Gasteiger partial charge is 0.400 e. The second-order valence-electron chi connectivity index (χ2n) is 6.10. The number of nitrogens with two attached hydrogens (primary N) is 1. The molecule has 2 rings (SSSR count). The van der Waals surface area contributed by atoms with Crippen LogP contribution in [0.25, 0.3) is 6.08 Å². The van der Waals surface area contributed by atoms with E-state index in [1.54, 1.807) is 12.1 Å². The molecule has 0 aliphatic carbocycles. The van der Waals surface area contributed by atoms with Crippen molar-refractivity contribution in [1.82, 2.24) is 4.98 Å². The van der Waals surface area contributed by atoms with E-state index in [2.05, 4.69) is 4.98 Å². The lowest BCUT2D eigenvalue weighted by molar-refractivity contribution is 0.00578. The van der Waals surface area contributed by atoms with E-state index in [0.717, 1.165) is 11.2 Å². The van der Waals surface area contributed by atoms with Gasteiger partial charge in [-0.2, -0.15) is 5.26 Å². The van der Waals surface area contributed by atoms with Gasteiger partial charge in [0.25, 0.3) is 0 Å². The molecule has 2 heterocycles. The molecule has 1 aliphatic rings. The summed E-state index contributed by atoms with van der Waals surface area (Å²) >= 11 is 0. The van der Waals surface area contributed by atoms with Crippen LogP contribution in [0.15, 0.2) is 23.8 Å². The molecule has 1 aromatic rings. The third kappa shape index (κ3) is 3.16. The Morgan fingerprint density at radius 1 is 1.33 bits per heavy atom. The van der Waals surface area contributed by atoms with Gasteiger partial charge in [0.15, 0.2) is 0 Å². The zero-order valence-corrected chi connectivity index (χ0v) is 12.9. The predicted octanol–water partition coefficient (Wildman–Crippen LogP) is 1.93. The molecule has 0 radical (unpaired) electrons. The van der Waals surface area contributed by atoms with Gasteiger partial charge in [0.05, 0.1) is 22.5 Å². The molecular formula is C15H20BN3O2. The Morgan fingerprint density at radius 2 is 1.95 bits per heavy atom. The van der Waals surface area contributed by atoms with Gasteiger partial charge in [0.2, 0.25) is 0 Å². The summed E-state index contributed by atoms with van der Waals surface area (Å²) < 4.78 is 12.0. The minimum absolute atomic E-state index is 0.318. The predicted molar refractivity (Wildman–Crippen MR) is 82.1 cm³/mol. The van der Waals surface area contributed by atoms with Crippen molar-refractivity contribution >= 4 is 13.2 Å². The fourth-order valence-corrected chi connectivity index (χ4v) is 1.96. The summed E-state index contributed by atoms with van der Waals surface area (Å²) in [5, 5.41) is 8.78. The van der Waals surface area contributed by atoms with Gasteiger partial charge in [-0.25, -0.2) is 0 Å². The van der Waals surface area contributed by atoms with Crippen LogP contribution in [0.1, 0.15) is 39.0 Å². The standard InChI is InChI=1S/C15H20BN3O2/c1-14(2)15(3,4)21-16(20-14)12(9-18)7-13-6-5-11(8-17)10-19-13/h5-7,10H,9,18H2,1-4H3. The number of aromatic nitrogens is 1. The molecule has 0 amide bonds. The van der Waals surface area contributed by atoms with Gasteiger partial charge in [-0.05, 0) is 51.4 Å². The normalized spacial score (nSPS) is 20.4. The summed E-state index contributed by atoms with van der Waals surface area (Å²) in [5.74, 6) is 0. The Balaban J connectivity index is 2.24. The molecule has 0 aromatic carbocycles. The van der Waals surface area contributed by atoms with Crippen molar-refractivity contribution < 1.29 is 9.31 Å². The van der Waals surface area contributed by atoms with Crippen LogP contribution >= 0.6 is 0 Å². The third-order valence-corrected chi connectivity index (χ3v) is 4.04. The second-order valence-corrected chi connectivity index (χ2v) is 6.10. The van der Waals surface area contributed by atoms with Crippen molar-refractivity contribution in [3.63, 3.8) is 0 Å². The second kappa shape index (κ2) is 5.61. The lowest BCUT2D eigenvalue weighted by Crippen LogP contribution is -2.41. The van der Waals surface area contributed by atoms with Crippen molar-refractivity contribution in [1.29, 1.82) is 5.26 Å². The maximum absolute atomic E-state index is 8.78. The molecule has 1 fully saturated rings. The highest BCUT2D eigenvalue weighted by atomic mass is 16.7. The van der Waals surface area contributed by atoms with Crippen LogP contribution in [-0.4, -0.2) is 29.8 Å². The van der Waals surface area contributed by atoms with Gasteiger partial charge in [-0.15, -0.1) is 0 Å². The van der Waals surface area contributed by atoms with Crippen molar-refractivity contribution in [2.45, 2.75) is 38.9 Å². The molecule has 0 saturated carbocycles. The molecule has 0 spiro atoms. The molecule has 1 saturated heterocycles. The van der Waals surface area contributed by atoms with E-state index in [9.17, 15) is 0 Å². The van der Waals surface area contributed by atoms with Crippen LogP contribution in [0, 0.1) is 11.3 Å². The third-order valence-electron chi connectivity index (χ3n) is 4.04. The molecule has 6 heteroatoms. The Morgan fingerprint density at radius 3 is 2.38 bits per heavy atom. The molecule has 110 valence electrons. The lowest BCUT2D eigenvalue weighted by Gasteiger charge is -2.32. The van der Waals surface area contributed by atoms with Crippen molar-refractivity contribution in [3.05, 3.63) is 35.1 Å². The quantitative estimate of drug-likeness (QED) is 0.858. The highest BCUT2D eigenvalue weighted by Crippen LogP contribution is 2.38. The average Bonchev–Trinajstić information content (AvgIpc) is 2.65. The number of nitrogens with zero attached hydrogens (tertiary/aromatic N) is 2. The number of pyridine rings is 1. The first-order valence-electron chi connectivity index (χ1n) is 6.91. The number of rotatable bonds is 3. The number of hydrogen-bond donors (Lipinski definition) is 1. The van der Waals surface area contributed by atoms with Crippen molar-refractivity contribution in [3.8, 4) is 6.07 Å². The van der Waals surface area contributed by atoms with E-state index in [4.69, 9.17) is 20.3 Å². The molecule has 0 unspecified atom stereocenters. The van der Waals surface area contributed by atoms with Crippen LogP contribution in [0.3, 0.4) is 0 Å². The van der Waals surface area contributed by atoms with Crippen LogP contribution < -0.4 is 5.73 Å². The van der Waals surface area contributed by atoms with E-state index in [0.29, 0.717) is 12.1 Å². The van der Waals surface area contributed by atoms with Crippen LogP contribution in [0.4, 0.5) is 0 Å². The summed E-state index contributed by atoms with van der Waals surface area (Å²) in [6, 6.07) is 5.54. The Bertz CT molecular complexity index is 572. The zero-order valence-electron chi connectivity index (χ0n) is 12.9. The first kappa shape index (κ1) is 15.7. The summed E-state index contributed by atoms with van der Waals surface area (Å²) in [4.78, 5) is 4.22. The largest absolute Gasteiger partial charge is 0.491 e. The minimum atomic E-state index is -0.475. The first-order valence-corrected chi connectivity index (χ1v) is 6.91. The van der Waals surface area contributed by atoms with E-state index in [1.165, 1.54) is 6.20 Å². The van der Waals surface area contributed by atoms with Gasteiger partial charge < -0.3 is 15.0 Å². The fraction of sp³-hybridized carbons (Fsp3) is 0.467. The molecular weight excluding hydrogens is 265 g/mol. The fourth-order valence-electron chi connectivity index (χ4n) is 1.96. The van der Waals surface area contributed by atoms with Gasteiger partial charge in [0, 0.05) is 12.7 Å². The summed E-state index contributed by atoms with van der Waals surface area (Å²) in [6.45, 7) is 8.32. The molecule has 5 nitrogen and oxygen atoms in total. The van der Waals surface area contributed by atoms with Gasteiger partial charge in [-0.3, -0.25) is 4.98 Å². The molecule has 0 bridgehead atoms. The molecule has 1 aliphatic heterocycles. The summed E-state index contributed by atoms with van der Waals surface area (Å²) in [7, 11) is -0.475. The maximum Gasteiger partial charge on any atom is 0.491 e. The Labute approximate surface area is 125 Å². The highest BCUT2D eigenvalue weighted by molar-refractivity contribution is 6.55. The maximum atomic E-state index is 8.78. The summed E-state index contributed by atoms with van der Waals surface area (Å²) in [5.41, 5.74) is 7.10.